The lowest BCUT2D eigenvalue weighted by Gasteiger charge is -2.13. The molecule has 0 amide bonds. The molecule has 40 heavy (non-hydrogen) atoms. The summed E-state index contributed by atoms with van der Waals surface area (Å²) >= 11 is 0. The molecule has 0 radical (unpaired) electrons. The van der Waals surface area contributed by atoms with E-state index in [1.54, 1.807) is 0 Å². The molecule has 4 heteroatoms. The lowest BCUT2D eigenvalue weighted by molar-refractivity contribution is -0.137. The number of unbranched alkanes of at least 4 members (excludes halogenated alkanes) is 21. The number of rotatable bonds is 31. The van der Waals surface area contributed by atoms with Crippen molar-refractivity contribution in [2.24, 2.45) is 5.73 Å². The third kappa shape index (κ3) is 41.6. The molecule has 0 aliphatic rings. The number of nitrogens with one attached hydrogen (secondary N) is 1. The second-order valence-corrected chi connectivity index (χ2v) is 12.0. The second kappa shape index (κ2) is 38.1. The van der Waals surface area contributed by atoms with Crippen molar-refractivity contribution in [3.8, 4) is 0 Å². The van der Waals surface area contributed by atoms with Crippen molar-refractivity contribution in [3.05, 3.63) is 12.2 Å². The number of hydrogen-bond donors (Lipinski definition) is 3. The molecular formula is C36H74N2O2. The first kappa shape index (κ1) is 41.3. The summed E-state index contributed by atoms with van der Waals surface area (Å²) in [5.74, 6) is -0.664. The summed E-state index contributed by atoms with van der Waals surface area (Å²) in [6.45, 7) is 8.73. The highest BCUT2D eigenvalue weighted by Gasteiger charge is 2.00. The Labute approximate surface area is 252 Å². The lowest BCUT2D eigenvalue weighted by Crippen LogP contribution is -2.28. The van der Waals surface area contributed by atoms with Gasteiger partial charge in [0.15, 0.2) is 0 Å². The molecule has 0 fully saturated rings. The van der Waals surface area contributed by atoms with Crippen LogP contribution in [0.4, 0.5) is 0 Å². The van der Waals surface area contributed by atoms with E-state index < -0.39 is 5.97 Å². The van der Waals surface area contributed by atoms with Gasteiger partial charge in [0.1, 0.15) is 0 Å². The van der Waals surface area contributed by atoms with Crippen LogP contribution in [0.5, 0.6) is 0 Å². The zero-order valence-corrected chi connectivity index (χ0v) is 27.7. The van der Waals surface area contributed by atoms with E-state index in [1.807, 2.05) is 0 Å². The summed E-state index contributed by atoms with van der Waals surface area (Å²) in [6.07, 6.45) is 39.4. The van der Waals surface area contributed by atoms with Crippen LogP contribution < -0.4 is 11.1 Å². The first-order chi connectivity index (χ1) is 19.6. The van der Waals surface area contributed by atoms with Gasteiger partial charge in [0.05, 0.1) is 0 Å². The molecule has 1 atom stereocenters. The summed E-state index contributed by atoms with van der Waals surface area (Å²) in [4.78, 5) is 10.3. The quantitative estimate of drug-likeness (QED) is 0.0576. The fraction of sp³-hybridized carbons (Fsp3) is 0.917. The van der Waals surface area contributed by atoms with Crippen LogP contribution in [0.3, 0.4) is 0 Å². The highest BCUT2D eigenvalue weighted by molar-refractivity contribution is 5.66. The Morgan fingerprint density at radius 3 is 1.45 bits per heavy atom. The summed E-state index contributed by atoms with van der Waals surface area (Å²) < 4.78 is 0. The Morgan fingerprint density at radius 2 is 1.02 bits per heavy atom. The van der Waals surface area contributed by atoms with Gasteiger partial charge in [-0.05, 0) is 65.0 Å². The maximum Gasteiger partial charge on any atom is 0.303 e. The molecule has 0 spiro atoms. The number of aliphatic carboxylic acids is 1. The molecule has 0 aromatic carbocycles. The van der Waals surface area contributed by atoms with Gasteiger partial charge in [-0.3, -0.25) is 4.79 Å². The second-order valence-electron chi connectivity index (χ2n) is 12.0. The third-order valence-corrected chi connectivity index (χ3v) is 7.77. The van der Waals surface area contributed by atoms with Crippen LogP contribution in [0.2, 0.25) is 0 Å². The molecule has 0 aliphatic heterocycles. The minimum atomic E-state index is -0.664. The zero-order valence-electron chi connectivity index (χ0n) is 27.7. The van der Waals surface area contributed by atoms with Crippen LogP contribution in [-0.4, -0.2) is 30.2 Å². The van der Waals surface area contributed by atoms with Crippen molar-refractivity contribution in [3.63, 3.8) is 0 Å². The largest absolute Gasteiger partial charge is 0.481 e. The van der Waals surface area contributed by atoms with Crippen LogP contribution >= 0.6 is 0 Å². The van der Waals surface area contributed by atoms with E-state index in [0.717, 1.165) is 32.4 Å². The molecule has 0 rings (SSSR count). The Kier molecular flexibility index (Phi) is 39.3. The van der Waals surface area contributed by atoms with Crippen LogP contribution in [0.25, 0.3) is 0 Å². The zero-order chi connectivity index (χ0) is 29.8. The fourth-order valence-corrected chi connectivity index (χ4v) is 5.01. The van der Waals surface area contributed by atoms with E-state index in [-0.39, 0.29) is 0 Å². The average molecular weight is 567 g/mol. The van der Waals surface area contributed by atoms with Gasteiger partial charge in [0.25, 0.3) is 0 Å². The molecule has 0 heterocycles. The van der Waals surface area contributed by atoms with Crippen LogP contribution in [-0.2, 0) is 4.79 Å². The van der Waals surface area contributed by atoms with Gasteiger partial charge < -0.3 is 16.2 Å². The number of allylic oxidation sites excluding steroid dienone is 2. The molecule has 0 aromatic heterocycles. The van der Waals surface area contributed by atoms with Gasteiger partial charge >= 0.3 is 5.97 Å². The third-order valence-electron chi connectivity index (χ3n) is 7.77. The van der Waals surface area contributed by atoms with E-state index in [2.05, 4.69) is 38.2 Å². The number of nitrogens with two attached hydrogens (primary N) is 1. The normalized spacial score (nSPS) is 12.0. The van der Waals surface area contributed by atoms with E-state index >= 15 is 0 Å². The molecule has 240 valence electrons. The molecule has 0 bridgehead atoms. The van der Waals surface area contributed by atoms with Gasteiger partial charge in [0.2, 0.25) is 0 Å². The Hall–Kier alpha value is -0.870. The van der Waals surface area contributed by atoms with E-state index in [1.165, 1.54) is 148 Å². The first-order valence-electron chi connectivity index (χ1n) is 17.9. The van der Waals surface area contributed by atoms with Crippen molar-refractivity contribution in [1.82, 2.24) is 5.32 Å². The van der Waals surface area contributed by atoms with E-state index in [4.69, 9.17) is 10.8 Å². The van der Waals surface area contributed by atoms with E-state index in [9.17, 15) is 4.79 Å². The molecular weight excluding hydrogens is 492 g/mol. The van der Waals surface area contributed by atoms with E-state index in [0.29, 0.717) is 12.5 Å². The number of carboxylic acids is 1. The summed E-state index contributed by atoms with van der Waals surface area (Å²) in [6, 6.07) is 0.667. The van der Waals surface area contributed by atoms with Crippen LogP contribution in [0, 0.1) is 0 Å². The minimum absolute atomic E-state index is 0.332. The van der Waals surface area contributed by atoms with Gasteiger partial charge in [-0.15, -0.1) is 0 Å². The highest BCUT2D eigenvalue weighted by atomic mass is 16.4. The molecule has 0 saturated carbocycles. The first-order valence-corrected chi connectivity index (χ1v) is 17.9. The minimum Gasteiger partial charge on any atom is -0.481 e. The standard InChI is InChI=1S/C18H40N2.C18H34O2/c1-3-4-5-6-7-8-9-10-11-12-13-15-18(2)20-17-14-16-19;1-2-3-4-5-6-7-8-9-10-11-12-13-14-15-16-17-18(19)20/h18,20H,3-17,19H2,1-2H3;9-10H,2-8,11-17H2,1H3,(H,19,20)/b;10-9-. The molecule has 0 saturated heterocycles. The maximum atomic E-state index is 10.3. The predicted octanol–water partition coefficient (Wildman–Crippen LogP) is 11.1. The Morgan fingerprint density at radius 1 is 0.625 bits per heavy atom. The summed E-state index contributed by atoms with van der Waals surface area (Å²) in [7, 11) is 0. The topological polar surface area (TPSA) is 75.3 Å². The van der Waals surface area contributed by atoms with Crippen LogP contribution in [0.1, 0.15) is 194 Å². The van der Waals surface area contributed by atoms with Gasteiger partial charge in [0, 0.05) is 12.5 Å². The van der Waals surface area contributed by atoms with Crippen molar-refractivity contribution in [2.75, 3.05) is 13.1 Å². The molecule has 4 N–H and O–H groups in total. The van der Waals surface area contributed by atoms with Crippen LogP contribution in [0.15, 0.2) is 12.2 Å². The SMILES string of the molecule is CCCCCCCC/C=C\CCCCCCCC(=O)O.CCCCCCCCCCCCCC(C)NCCCN. The summed E-state index contributed by atoms with van der Waals surface area (Å²) in [5.41, 5.74) is 5.49. The van der Waals surface area contributed by atoms with Crippen molar-refractivity contribution < 1.29 is 9.90 Å². The molecule has 0 aliphatic carbocycles. The van der Waals surface area contributed by atoms with Crippen molar-refractivity contribution >= 4 is 5.97 Å². The maximum absolute atomic E-state index is 10.3. The fourth-order valence-electron chi connectivity index (χ4n) is 5.01. The number of hydrogen-bond acceptors (Lipinski definition) is 3. The summed E-state index contributed by atoms with van der Waals surface area (Å²) in [5, 5.41) is 12.0. The lowest BCUT2D eigenvalue weighted by atomic mass is 10.0. The average Bonchev–Trinajstić information content (AvgIpc) is 2.94. The Balaban J connectivity index is 0. The van der Waals surface area contributed by atoms with Crippen molar-refractivity contribution in [2.45, 2.75) is 200 Å². The smallest absolute Gasteiger partial charge is 0.303 e. The molecule has 4 nitrogen and oxygen atoms in total. The van der Waals surface area contributed by atoms with Gasteiger partial charge in [-0.2, -0.15) is 0 Å². The highest BCUT2D eigenvalue weighted by Crippen LogP contribution is 2.13. The number of carbonyl (C=O) groups is 1. The molecule has 1 unspecified atom stereocenters. The van der Waals surface area contributed by atoms with Crippen molar-refractivity contribution in [1.29, 1.82) is 0 Å². The predicted molar refractivity (Wildman–Crippen MR) is 179 cm³/mol. The van der Waals surface area contributed by atoms with Gasteiger partial charge in [-0.1, -0.05) is 148 Å². The van der Waals surface area contributed by atoms with Gasteiger partial charge in [-0.25, -0.2) is 0 Å². The molecule has 0 aromatic rings. The Bertz CT molecular complexity index is 495. The number of carboxylic acid groups (broad SMARTS) is 1. The monoisotopic (exact) mass is 567 g/mol.